The van der Waals surface area contributed by atoms with Crippen molar-refractivity contribution >= 4 is 10.0 Å². The third-order valence-corrected chi connectivity index (χ3v) is 7.23. The van der Waals surface area contributed by atoms with Gasteiger partial charge in [-0.3, -0.25) is 0 Å². The molecule has 0 spiro atoms. The summed E-state index contributed by atoms with van der Waals surface area (Å²) in [6.07, 6.45) is 6.50. The third-order valence-electron chi connectivity index (χ3n) is 5.62. The van der Waals surface area contributed by atoms with Gasteiger partial charge in [-0.25, -0.2) is 13.1 Å². The van der Waals surface area contributed by atoms with Crippen LogP contribution < -0.4 is 4.72 Å². The van der Waals surface area contributed by atoms with Crippen molar-refractivity contribution in [1.29, 1.82) is 0 Å². The second-order valence-electron chi connectivity index (χ2n) is 7.83. The predicted octanol–water partition coefficient (Wildman–Crippen LogP) is 3.54. The smallest absolute Gasteiger partial charge is 0.240 e. The Bertz CT molecular complexity index is 902. The fourth-order valence-corrected chi connectivity index (χ4v) is 5.06. The highest BCUT2D eigenvalue weighted by atomic mass is 32.2. The lowest BCUT2D eigenvalue weighted by atomic mass is 10.1. The molecule has 1 aromatic heterocycles. The van der Waals surface area contributed by atoms with E-state index in [9.17, 15) is 8.42 Å². The lowest BCUT2D eigenvalue weighted by Crippen LogP contribution is -2.37. The summed E-state index contributed by atoms with van der Waals surface area (Å²) in [5, 5.41) is 3.95. The number of hydrogen-bond acceptors (Lipinski definition) is 6. The van der Waals surface area contributed by atoms with E-state index < -0.39 is 10.0 Å². The number of rotatable bonds is 8. The van der Waals surface area contributed by atoms with Gasteiger partial charge in [0.05, 0.1) is 4.90 Å². The molecule has 1 aromatic carbocycles. The molecule has 0 aliphatic carbocycles. The van der Waals surface area contributed by atoms with Crippen molar-refractivity contribution in [1.82, 2.24) is 19.8 Å². The molecule has 1 aliphatic rings. The second-order valence-corrected chi connectivity index (χ2v) is 9.57. The molecule has 2 aromatic rings. The number of aryl methyl sites for hydroxylation is 2. The first kappa shape index (κ1) is 21.9. The quantitative estimate of drug-likeness (QED) is 0.703. The first-order chi connectivity index (χ1) is 13.9. The van der Waals surface area contributed by atoms with Crippen LogP contribution in [-0.4, -0.2) is 49.1 Å². The van der Waals surface area contributed by atoms with Gasteiger partial charge in [0.1, 0.15) is 0 Å². The molecule has 1 saturated heterocycles. The van der Waals surface area contributed by atoms with Gasteiger partial charge in [0, 0.05) is 24.6 Å². The minimum Gasteiger partial charge on any atom is -0.339 e. The predicted molar refractivity (Wildman–Crippen MR) is 113 cm³/mol. The Labute approximate surface area is 173 Å². The van der Waals surface area contributed by atoms with Crippen LogP contribution in [0, 0.1) is 6.92 Å². The molecule has 2 heterocycles. The van der Waals surface area contributed by atoms with Gasteiger partial charge in [0.25, 0.3) is 0 Å². The number of benzene rings is 1. The average molecular weight is 421 g/mol. The number of hydrogen-bond donors (Lipinski definition) is 1. The third kappa shape index (κ3) is 5.65. The monoisotopic (exact) mass is 420 g/mol. The van der Waals surface area contributed by atoms with E-state index in [4.69, 9.17) is 4.52 Å². The summed E-state index contributed by atoms with van der Waals surface area (Å²) < 4.78 is 33.8. The first-order valence-electron chi connectivity index (χ1n) is 10.6. The molecule has 1 N–H and O–H groups in total. The van der Waals surface area contributed by atoms with E-state index in [0.29, 0.717) is 41.8 Å². The van der Waals surface area contributed by atoms with Crippen molar-refractivity contribution in [2.75, 3.05) is 19.6 Å². The van der Waals surface area contributed by atoms with Crippen LogP contribution >= 0.6 is 0 Å². The summed E-state index contributed by atoms with van der Waals surface area (Å²) in [6.45, 7) is 8.56. The first-order valence-corrected chi connectivity index (χ1v) is 12.1. The van der Waals surface area contributed by atoms with Gasteiger partial charge < -0.3 is 9.42 Å². The zero-order valence-electron chi connectivity index (χ0n) is 17.6. The van der Waals surface area contributed by atoms with E-state index in [0.717, 1.165) is 19.5 Å². The van der Waals surface area contributed by atoms with E-state index in [-0.39, 0.29) is 4.90 Å². The van der Waals surface area contributed by atoms with Crippen molar-refractivity contribution in [3.63, 3.8) is 0 Å². The summed E-state index contributed by atoms with van der Waals surface area (Å²) in [7, 11) is -3.61. The topological polar surface area (TPSA) is 88.3 Å². The Balaban J connectivity index is 1.66. The molecule has 3 rings (SSSR count). The van der Waals surface area contributed by atoms with E-state index in [1.54, 1.807) is 19.1 Å². The molecule has 8 heteroatoms. The Morgan fingerprint density at radius 3 is 2.59 bits per heavy atom. The van der Waals surface area contributed by atoms with Crippen molar-refractivity contribution in [2.45, 2.75) is 70.2 Å². The summed E-state index contributed by atoms with van der Waals surface area (Å²) in [5.41, 5.74) is 1.33. The molecular weight excluding hydrogens is 388 g/mol. The van der Waals surface area contributed by atoms with Gasteiger partial charge in [0.2, 0.25) is 21.7 Å². The van der Waals surface area contributed by atoms with Crippen LogP contribution in [0.3, 0.4) is 0 Å². The number of sulfonamides is 1. The van der Waals surface area contributed by atoms with E-state index in [1.807, 2.05) is 13.0 Å². The van der Waals surface area contributed by atoms with Crippen LogP contribution in [0.15, 0.2) is 27.6 Å². The zero-order chi connectivity index (χ0) is 20.9. The fourth-order valence-electron chi connectivity index (χ4n) is 3.74. The Morgan fingerprint density at radius 2 is 1.93 bits per heavy atom. The minimum atomic E-state index is -3.61. The van der Waals surface area contributed by atoms with Crippen molar-refractivity contribution in [3.05, 3.63) is 29.7 Å². The van der Waals surface area contributed by atoms with Crippen LogP contribution in [0.1, 0.15) is 57.4 Å². The molecule has 0 amide bonds. The van der Waals surface area contributed by atoms with Crippen molar-refractivity contribution in [2.24, 2.45) is 0 Å². The summed E-state index contributed by atoms with van der Waals surface area (Å²) in [5.74, 6) is 0.943. The number of aromatic nitrogens is 2. The zero-order valence-corrected chi connectivity index (χ0v) is 18.5. The van der Waals surface area contributed by atoms with E-state index in [2.05, 4.69) is 26.7 Å². The molecule has 29 heavy (non-hydrogen) atoms. The SMILES string of the molecule is CCc1nc(-c2ccc(C)c(S(=O)(=O)NCC[C@@H](C)N3CCCCCC3)c2)no1. The van der Waals surface area contributed by atoms with Crippen LogP contribution in [0.25, 0.3) is 11.4 Å². The normalized spacial score (nSPS) is 17.2. The van der Waals surface area contributed by atoms with E-state index in [1.165, 1.54) is 25.7 Å². The van der Waals surface area contributed by atoms with Gasteiger partial charge in [-0.05, 0) is 57.8 Å². The van der Waals surface area contributed by atoms with Crippen molar-refractivity contribution < 1.29 is 12.9 Å². The maximum absolute atomic E-state index is 12.9. The standard InChI is InChI=1S/C21H32N4O3S/c1-4-20-23-21(24-28-20)18-10-9-16(2)19(15-18)29(26,27)22-12-11-17(3)25-13-7-5-6-8-14-25/h9-10,15,17,22H,4-8,11-14H2,1-3H3/t17-/m1/s1. The second kappa shape index (κ2) is 9.82. The summed E-state index contributed by atoms with van der Waals surface area (Å²) in [6, 6.07) is 5.60. The molecular formula is C21H32N4O3S. The maximum atomic E-state index is 12.9. The molecule has 1 atom stereocenters. The highest BCUT2D eigenvalue weighted by molar-refractivity contribution is 7.89. The molecule has 1 fully saturated rings. The maximum Gasteiger partial charge on any atom is 0.240 e. The van der Waals surface area contributed by atoms with Gasteiger partial charge in [-0.2, -0.15) is 4.98 Å². The van der Waals surface area contributed by atoms with Crippen molar-refractivity contribution in [3.8, 4) is 11.4 Å². The summed E-state index contributed by atoms with van der Waals surface area (Å²) >= 11 is 0. The molecule has 0 saturated carbocycles. The molecule has 0 radical (unpaired) electrons. The van der Waals surface area contributed by atoms with Gasteiger partial charge >= 0.3 is 0 Å². The number of nitrogens with one attached hydrogen (secondary N) is 1. The Kier molecular flexibility index (Phi) is 7.43. The highest BCUT2D eigenvalue weighted by Gasteiger charge is 2.21. The minimum absolute atomic E-state index is 0.264. The average Bonchev–Trinajstić information content (AvgIpc) is 3.01. The fraction of sp³-hybridized carbons (Fsp3) is 0.619. The Hall–Kier alpha value is -1.77. The molecule has 0 bridgehead atoms. The van der Waals surface area contributed by atoms with Crippen LogP contribution in [0.2, 0.25) is 0 Å². The highest BCUT2D eigenvalue weighted by Crippen LogP contribution is 2.23. The van der Waals surface area contributed by atoms with Gasteiger partial charge in [-0.15, -0.1) is 0 Å². The van der Waals surface area contributed by atoms with Crippen LogP contribution in [0.4, 0.5) is 0 Å². The lowest BCUT2D eigenvalue weighted by Gasteiger charge is -2.27. The Morgan fingerprint density at radius 1 is 1.21 bits per heavy atom. The van der Waals surface area contributed by atoms with Gasteiger partial charge in [0.15, 0.2) is 0 Å². The van der Waals surface area contributed by atoms with Crippen LogP contribution in [0.5, 0.6) is 0 Å². The summed E-state index contributed by atoms with van der Waals surface area (Å²) in [4.78, 5) is 7.04. The van der Waals surface area contributed by atoms with Gasteiger partial charge in [-0.1, -0.05) is 37.1 Å². The molecule has 160 valence electrons. The molecule has 0 unspecified atom stereocenters. The molecule has 1 aliphatic heterocycles. The number of nitrogens with zero attached hydrogens (tertiary/aromatic N) is 3. The largest absolute Gasteiger partial charge is 0.339 e. The van der Waals surface area contributed by atoms with E-state index >= 15 is 0 Å². The number of likely N-dealkylation sites (tertiary alicyclic amines) is 1. The lowest BCUT2D eigenvalue weighted by molar-refractivity contribution is 0.208. The molecule has 7 nitrogen and oxygen atoms in total. The van der Waals surface area contributed by atoms with Crippen LogP contribution in [-0.2, 0) is 16.4 Å².